The summed E-state index contributed by atoms with van der Waals surface area (Å²) < 4.78 is 5.60. The van der Waals surface area contributed by atoms with E-state index in [4.69, 9.17) is 4.74 Å². The van der Waals surface area contributed by atoms with Crippen LogP contribution in [-0.4, -0.2) is 37.6 Å². The van der Waals surface area contributed by atoms with Crippen LogP contribution in [-0.2, 0) is 11.3 Å². The van der Waals surface area contributed by atoms with Crippen LogP contribution in [0.4, 0.5) is 5.69 Å². The Hall–Kier alpha value is -2.75. The van der Waals surface area contributed by atoms with Crippen LogP contribution in [0.3, 0.4) is 0 Å². The molecular formula is C22H26N2O2. The van der Waals surface area contributed by atoms with Crippen LogP contribution >= 0.6 is 0 Å². The molecule has 1 heterocycles. The highest BCUT2D eigenvalue weighted by Gasteiger charge is 2.22. The van der Waals surface area contributed by atoms with Gasteiger partial charge in [-0.2, -0.15) is 0 Å². The van der Waals surface area contributed by atoms with E-state index in [0.29, 0.717) is 18.7 Å². The van der Waals surface area contributed by atoms with Crippen molar-refractivity contribution in [3.8, 4) is 0 Å². The summed E-state index contributed by atoms with van der Waals surface area (Å²) in [4.78, 5) is 17.0. The number of hydrogen-bond acceptors (Lipinski definition) is 3. The molecule has 2 aromatic rings. The zero-order valence-corrected chi connectivity index (χ0v) is 15.7. The second-order valence-corrected chi connectivity index (χ2v) is 6.98. The Bertz CT molecular complexity index is 756. The number of hydrogen-bond donors (Lipinski definition) is 0. The van der Waals surface area contributed by atoms with Crippen molar-refractivity contribution in [2.45, 2.75) is 26.0 Å². The van der Waals surface area contributed by atoms with E-state index in [1.807, 2.05) is 56.3 Å². The van der Waals surface area contributed by atoms with E-state index in [1.165, 1.54) is 0 Å². The van der Waals surface area contributed by atoms with E-state index < -0.39 is 0 Å². The van der Waals surface area contributed by atoms with Gasteiger partial charge in [0.2, 0.25) is 0 Å². The number of amides is 1. The number of carbonyl (C=O) groups is 1. The van der Waals surface area contributed by atoms with Crippen molar-refractivity contribution in [2.75, 3.05) is 25.5 Å². The fourth-order valence-electron chi connectivity index (χ4n) is 3.01. The minimum atomic E-state index is 0.0328. The van der Waals surface area contributed by atoms with Crippen LogP contribution in [0.2, 0.25) is 0 Å². The summed E-state index contributed by atoms with van der Waals surface area (Å²) in [6.45, 7) is 3.17. The van der Waals surface area contributed by atoms with Gasteiger partial charge >= 0.3 is 0 Å². The van der Waals surface area contributed by atoms with E-state index >= 15 is 0 Å². The number of anilines is 1. The Morgan fingerprint density at radius 2 is 1.77 bits per heavy atom. The molecule has 136 valence electrons. The lowest BCUT2D eigenvalue weighted by Gasteiger charge is -2.26. The first-order valence-corrected chi connectivity index (χ1v) is 8.95. The molecule has 26 heavy (non-hydrogen) atoms. The van der Waals surface area contributed by atoms with Gasteiger partial charge in [-0.3, -0.25) is 4.79 Å². The third kappa shape index (κ3) is 4.45. The molecule has 4 heteroatoms. The highest BCUT2D eigenvalue weighted by Crippen LogP contribution is 2.18. The molecule has 0 saturated heterocycles. The highest BCUT2D eigenvalue weighted by atomic mass is 16.5. The molecule has 1 unspecified atom stereocenters. The first kappa shape index (κ1) is 18.1. The molecule has 0 aromatic heterocycles. The lowest BCUT2D eigenvalue weighted by molar-refractivity contribution is 0.0610. The van der Waals surface area contributed by atoms with Crippen molar-refractivity contribution in [1.82, 2.24) is 4.90 Å². The average Bonchev–Trinajstić information content (AvgIpc) is 3.15. The molecule has 2 aromatic carbocycles. The maximum absolute atomic E-state index is 13.1. The van der Waals surface area contributed by atoms with Gasteiger partial charge in [-0.25, -0.2) is 0 Å². The highest BCUT2D eigenvalue weighted by molar-refractivity contribution is 5.94. The van der Waals surface area contributed by atoms with Crippen LogP contribution in [0.5, 0.6) is 0 Å². The quantitative estimate of drug-likeness (QED) is 0.789. The lowest BCUT2D eigenvalue weighted by atomic mass is 10.1. The van der Waals surface area contributed by atoms with Gasteiger partial charge in [-0.05, 0) is 42.8 Å². The van der Waals surface area contributed by atoms with Crippen molar-refractivity contribution in [2.24, 2.45) is 0 Å². The normalized spacial score (nSPS) is 15.6. The number of ether oxygens (including phenoxy) is 1. The molecule has 0 radical (unpaired) electrons. The molecular weight excluding hydrogens is 324 g/mol. The average molecular weight is 350 g/mol. The van der Waals surface area contributed by atoms with Crippen LogP contribution in [0.25, 0.3) is 0 Å². The Morgan fingerprint density at radius 1 is 1.08 bits per heavy atom. The number of carbonyl (C=O) groups excluding carboxylic acids is 1. The van der Waals surface area contributed by atoms with Crippen molar-refractivity contribution >= 4 is 11.6 Å². The standard InChI is InChI=1S/C22H26N2O2/c1-17-6-10-19(11-7-17)22(25)24(16-21-5-4-14-26-21)15-18-8-12-20(13-9-18)23(2)3/h4,6-14,21H,5,15-16H2,1-3H3. The number of nitrogens with zero attached hydrogens (tertiary/aromatic N) is 2. The van der Waals surface area contributed by atoms with E-state index in [-0.39, 0.29) is 12.0 Å². The molecule has 1 atom stereocenters. The summed E-state index contributed by atoms with van der Waals surface area (Å²) in [7, 11) is 4.04. The molecule has 3 rings (SSSR count). The van der Waals surface area contributed by atoms with E-state index in [1.54, 1.807) is 6.26 Å². The Kier molecular flexibility index (Phi) is 5.61. The minimum absolute atomic E-state index is 0.0328. The van der Waals surface area contributed by atoms with Gasteiger partial charge in [-0.15, -0.1) is 0 Å². The fraction of sp³-hybridized carbons (Fsp3) is 0.318. The smallest absolute Gasteiger partial charge is 0.254 e. The second kappa shape index (κ2) is 8.09. The number of benzene rings is 2. The lowest BCUT2D eigenvalue weighted by Crippen LogP contribution is -2.37. The molecule has 0 spiro atoms. The molecule has 0 aliphatic carbocycles. The molecule has 1 amide bonds. The Labute approximate surface area is 155 Å². The van der Waals surface area contributed by atoms with Crippen LogP contribution in [0.15, 0.2) is 60.9 Å². The third-order valence-electron chi connectivity index (χ3n) is 4.60. The van der Waals surface area contributed by atoms with Crippen molar-refractivity contribution in [1.29, 1.82) is 0 Å². The summed E-state index contributed by atoms with van der Waals surface area (Å²) >= 11 is 0. The van der Waals surface area contributed by atoms with Gasteiger partial charge in [0.25, 0.3) is 5.91 Å². The van der Waals surface area contributed by atoms with Gasteiger partial charge in [0.05, 0.1) is 12.8 Å². The zero-order valence-electron chi connectivity index (χ0n) is 15.7. The molecule has 4 nitrogen and oxygen atoms in total. The first-order valence-electron chi connectivity index (χ1n) is 8.95. The van der Waals surface area contributed by atoms with Crippen molar-refractivity contribution < 1.29 is 9.53 Å². The zero-order chi connectivity index (χ0) is 18.5. The third-order valence-corrected chi connectivity index (χ3v) is 4.60. The van der Waals surface area contributed by atoms with Crippen LogP contribution in [0, 0.1) is 6.92 Å². The molecule has 0 N–H and O–H groups in total. The first-order chi connectivity index (χ1) is 12.5. The monoisotopic (exact) mass is 350 g/mol. The van der Waals surface area contributed by atoms with Gasteiger partial charge in [-0.1, -0.05) is 29.8 Å². The molecule has 1 aliphatic heterocycles. The van der Waals surface area contributed by atoms with E-state index in [0.717, 1.165) is 23.2 Å². The Morgan fingerprint density at radius 3 is 2.35 bits per heavy atom. The molecule has 0 bridgehead atoms. The van der Waals surface area contributed by atoms with E-state index in [9.17, 15) is 4.79 Å². The molecule has 0 fully saturated rings. The fourth-order valence-corrected chi connectivity index (χ4v) is 3.01. The summed E-state index contributed by atoms with van der Waals surface area (Å²) in [5.74, 6) is 0.0391. The minimum Gasteiger partial charge on any atom is -0.496 e. The molecule has 0 saturated carbocycles. The van der Waals surface area contributed by atoms with E-state index in [2.05, 4.69) is 29.2 Å². The predicted molar refractivity (Wildman–Crippen MR) is 105 cm³/mol. The van der Waals surface area contributed by atoms with Gasteiger partial charge in [0.15, 0.2) is 0 Å². The van der Waals surface area contributed by atoms with Crippen LogP contribution < -0.4 is 4.90 Å². The maximum atomic E-state index is 13.1. The van der Waals surface area contributed by atoms with Gasteiger partial charge < -0.3 is 14.5 Å². The molecule has 1 aliphatic rings. The van der Waals surface area contributed by atoms with Gasteiger partial charge in [0, 0.05) is 38.3 Å². The Balaban J connectivity index is 1.77. The summed E-state index contributed by atoms with van der Waals surface area (Å²) in [6.07, 6.45) is 4.61. The topological polar surface area (TPSA) is 32.8 Å². The second-order valence-electron chi connectivity index (χ2n) is 6.98. The van der Waals surface area contributed by atoms with Crippen LogP contribution in [0.1, 0.15) is 27.9 Å². The van der Waals surface area contributed by atoms with Gasteiger partial charge in [0.1, 0.15) is 6.10 Å². The number of aryl methyl sites for hydroxylation is 1. The summed E-state index contributed by atoms with van der Waals surface area (Å²) in [5.41, 5.74) is 4.12. The summed E-state index contributed by atoms with van der Waals surface area (Å²) in [5, 5.41) is 0. The number of rotatable bonds is 6. The van der Waals surface area contributed by atoms with Crippen molar-refractivity contribution in [3.63, 3.8) is 0 Å². The summed E-state index contributed by atoms with van der Waals surface area (Å²) in [6, 6.07) is 16.1. The predicted octanol–water partition coefficient (Wildman–Crippen LogP) is 4.01. The maximum Gasteiger partial charge on any atom is 0.254 e. The largest absolute Gasteiger partial charge is 0.496 e. The van der Waals surface area contributed by atoms with Crippen molar-refractivity contribution in [3.05, 3.63) is 77.6 Å². The SMILES string of the molecule is Cc1ccc(C(=O)N(Cc2ccc(N(C)C)cc2)CC2CC=CO2)cc1.